The van der Waals surface area contributed by atoms with Crippen molar-refractivity contribution in [2.24, 2.45) is 0 Å². The minimum absolute atomic E-state index is 0.111. The number of H-pyrrole nitrogens is 1. The lowest BCUT2D eigenvalue weighted by atomic mass is 9.94. The Bertz CT molecular complexity index is 661. The van der Waals surface area contributed by atoms with E-state index >= 15 is 0 Å². The molecule has 0 saturated heterocycles. The highest BCUT2D eigenvalue weighted by molar-refractivity contribution is 6.31. The minimum atomic E-state index is -0.379. The van der Waals surface area contributed by atoms with Crippen molar-refractivity contribution in [2.75, 3.05) is 20.3 Å². The second-order valence-electron chi connectivity index (χ2n) is 5.58. The zero-order chi connectivity index (χ0) is 14.9. The second-order valence-corrected chi connectivity index (χ2v) is 6.01. The Kier molecular flexibility index (Phi) is 3.91. The Morgan fingerprint density at radius 3 is 3.00 bits per heavy atom. The molecule has 0 radical (unpaired) electrons. The highest BCUT2D eigenvalue weighted by atomic mass is 35.5. The SMILES string of the molecule is COCCCNC(=O)C1(c2c[nH]c3ccc(Cl)cc23)CC1. The van der Waals surface area contributed by atoms with Crippen molar-refractivity contribution in [3.05, 3.63) is 35.0 Å². The average Bonchev–Trinajstić information content (AvgIpc) is 3.18. The molecule has 1 aromatic carbocycles. The second kappa shape index (κ2) is 5.70. The number of hydrogen-bond acceptors (Lipinski definition) is 2. The quantitative estimate of drug-likeness (QED) is 0.806. The first-order valence-corrected chi connectivity index (χ1v) is 7.59. The van der Waals surface area contributed by atoms with Gasteiger partial charge in [0.25, 0.3) is 0 Å². The number of halogens is 1. The molecule has 1 aliphatic rings. The van der Waals surface area contributed by atoms with Gasteiger partial charge in [-0.2, -0.15) is 0 Å². The number of ether oxygens (including phenoxy) is 1. The van der Waals surface area contributed by atoms with Gasteiger partial charge in [0.15, 0.2) is 0 Å². The lowest BCUT2D eigenvalue weighted by Crippen LogP contribution is -2.35. The van der Waals surface area contributed by atoms with Crippen molar-refractivity contribution in [3.8, 4) is 0 Å². The van der Waals surface area contributed by atoms with Crippen LogP contribution in [0.1, 0.15) is 24.8 Å². The number of aromatic nitrogens is 1. The van der Waals surface area contributed by atoms with E-state index in [2.05, 4.69) is 10.3 Å². The van der Waals surface area contributed by atoms with Crippen LogP contribution in [-0.4, -0.2) is 31.2 Å². The lowest BCUT2D eigenvalue weighted by molar-refractivity contribution is -0.123. The summed E-state index contributed by atoms with van der Waals surface area (Å²) in [5.41, 5.74) is 1.70. The summed E-state index contributed by atoms with van der Waals surface area (Å²) in [6.45, 7) is 1.31. The largest absolute Gasteiger partial charge is 0.385 e. The Morgan fingerprint density at radius 1 is 1.48 bits per heavy atom. The Balaban J connectivity index is 1.80. The third-order valence-electron chi connectivity index (χ3n) is 4.15. The Hall–Kier alpha value is -1.52. The van der Waals surface area contributed by atoms with Crippen LogP contribution in [0.2, 0.25) is 5.02 Å². The molecular formula is C16H19ClN2O2. The molecular weight excluding hydrogens is 288 g/mol. The number of aromatic amines is 1. The Labute approximate surface area is 128 Å². The van der Waals surface area contributed by atoms with Crippen LogP contribution >= 0.6 is 11.6 Å². The van der Waals surface area contributed by atoms with E-state index in [4.69, 9.17) is 16.3 Å². The maximum Gasteiger partial charge on any atom is 0.230 e. The molecule has 1 saturated carbocycles. The first-order chi connectivity index (χ1) is 10.2. The molecule has 1 aromatic heterocycles. The maximum atomic E-state index is 12.5. The molecule has 0 atom stereocenters. The first-order valence-electron chi connectivity index (χ1n) is 7.22. The molecule has 0 aliphatic heterocycles. The average molecular weight is 307 g/mol. The number of carbonyl (C=O) groups is 1. The summed E-state index contributed by atoms with van der Waals surface area (Å²) in [5.74, 6) is 0.111. The maximum absolute atomic E-state index is 12.5. The van der Waals surface area contributed by atoms with Crippen LogP contribution in [0.5, 0.6) is 0 Å². The molecule has 112 valence electrons. The third kappa shape index (κ3) is 2.65. The third-order valence-corrected chi connectivity index (χ3v) is 4.39. The molecule has 1 amide bonds. The fourth-order valence-electron chi connectivity index (χ4n) is 2.82. The van der Waals surface area contributed by atoms with Gasteiger partial charge in [0.1, 0.15) is 0 Å². The van der Waals surface area contributed by atoms with Gasteiger partial charge >= 0.3 is 0 Å². The number of fused-ring (bicyclic) bond motifs is 1. The number of carbonyl (C=O) groups excluding carboxylic acids is 1. The van der Waals surface area contributed by atoms with Crippen molar-refractivity contribution in [2.45, 2.75) is 24.7 Å². The summed E-state index contributed by atoms with van der Waals surface area (Å²) in [6, 6.07) is 5.74. The van der Waals surface area contributed by atoms with E-state index in [9.17, 15) is 4.79 Å². The van der Waals surface area contributed by atoms with Crippen molar-refractivity contribution >= 4 is 28.4 Å². The van der Waals surface area contributed by atoms with Crippen molar-refractivity contribution < 1.29 is 9.53 Å². The monoisotopic (exact) mass is 306 g/mol. The number of methoxy groups -OCH3 is 1. The molecule has 3 rings (SSSR count). The Morgan fingerprint density at radius 2 is 2.29 bits per heavy atom. The van der Waals surface area contributed by atoms with Gasteiger partial charge in [-0.05, 0) is 43.0 Å². The van der Waals surface area contributed by atoms with E-state index in [1.807, 2.05) is 24.4 Å². The summed E-state index contributed by atoms with van der Waals surface area (Å²) in [5, 5.41) is 4.76. The van der Waals surface area contributed by atoms with Crippen LogP contribution < -0.4 is 5.32 Å². The number of rotatable bonds is 6. The molecule has 1 aliphatic carbocycles. The molecule has 0 spiro atoms. The van der Waals surface area contributed by atoms with Crippen LogP contribution in [0.25, 0.3) is 10.9 Å². The van der Waals surface area contributed by atoms with Gasteiger partial charge < -0.3 is 15.0 Å². The molecule has 1 heterocycles. The van der Waals surface area contributed by atoms with E-state index in [1.165, 1.54) is 0 Å². The van der Waals surface area contributed by atoms with Crippen LogP contribution in [0.4, 0.5) is 0 Å². The van der Waals surface area contributed by atoms with Gasteiger partial charge in [0.05, 0.1) is 5.41 Å². The van der Waals surface area contributed by atoms with Crippen molar-refractivity contribution in [3.63, 3.8) is 0 Å². The molecule has 1 fully saturated rings. The predicted octanol–water partition coefficient (Wildman–Crippen LogP) is 3.01. The molecule has 0 bridgehead atoms. The highest BCUT2D eigenvalue weighted by Gasteiger charge is 2.52. The molecule has 0 unspecified atom stereocenters. The number of amides is 1. The zero-order valence-corrected chi connectivity index (χ0v) is 12.8. The summed E-state index contributed by atoms with van der Waals surface area (Å²) < 4.78 is 5.00. The summed E-state index contributed by atoms with van der Waals surface area (Å²) in [7, 11) is 1.67. The molecule has 5 heteroatoms. The van der Waals surface area contributed by atoms with Crippen LogP contribution in [0, 0.1) is 0 Å². The fraction of sp³-hybridized carbons (Fsp3) is 0.438. The zero-order valence-electron chi connectivity index (χ0n) is 12.0. The van der Waals surface area contributed by atoms with Gasteiger partial charge in [0.2, 0.25) is 5.91 Å². The minimum Gasteiger partial charge on any atom is -0.385 e. The lowest BCUT2D eigenvalue weighted by Gasteiger charge is -2.15. The highest BCUT2D eigenvalue weighted by Crippen LogP contribution is 2.50. The van der Waals surface area contributed by atoms with Gasteiger partial charge in [-0.15, -0.1) is 0 Å². The van der Waals surface area contributed by atoms with Crippen LogP contribution in [-0.2, 0) is 14.9 Å². The molecule has 4 nitrogen and oxygen atoms in total. The summed E-state index contributed by atoms with van der Waals surface area (Å²) in [4.78, 5) is 15.8. The van der Waals surface area contributed by atoms with Crippen molar-refractivity contribution in [1.29, 1.82) is 0 Å². The van der Waals surface area contributed by atoms with E-state index < -0.39 is 0 Å². The summed E-state index contributed by atoms with van der Waals surface area (Å²) in [6.07, 6.45) is 4.56. The molecule has 2 N–H and O–H groups in total. The van der Waals surface area contributed by atoms with Crippen LogP contribution in [0.3, 0.4) is 0 Å². The van der Waals surface area contributed by atoms with Gasteiger partial charge in [-0.25, -0.2) is 0 Å². The van der Waals surface area contributed by atoms with Gasteiger partial charge in [-0.1, -0.05) is 11.6 Å². The fourth-order valence-corrected chi connectivity index (χ4v) is 2.99. The number of nitrogens with one attached hydrogen (secondary N) is 2. The smallest absolute Gasteiger partial charge is 0.230 e. The van der Waals surface area contributed by atoms with Gasteiger partial charge in [-0.3, -0.25) is 4.79 Å². The van der Waals surface area contributed by atoms with E-state index in [1.54, 1.807) is 7.11 Å². The number of hydrogen-bond donors (Lipinski definition) is 2. The first kappa shape index (κ1) is 14.4. The standard InChI is InChI=1S/C16H19ClN2O2/c1-21-8-2-7-18-15(20)16(5-6-16)13-10-19-14-4-3-11(17)9-12(13)14/h3-4,9-10,19H,2,5-8H2,1H3,(H,18,20). The summed E-state index contributed by atoms with van der Waals surface area (Å²) >= 11 is 6.09. The van der Waals surface area contributed by atoms with Crippen LogP contribution in [0.15, 0.2) is 24.4 Å². The normalized spacial score (nSPS) is 16.1. The predicted molar refractivity (Wildman–Crippen MR) is 83.7 cm³/mol. The topological polar surface area (TPSA) is 54.1 Å². The number of benzene rings is 1. The van der Waals surface area contributed by atoms with Crippen molar-refractivity contribution in [1.82, 2.24) is 10.3 Å². The van der Waals surface area contributed by atoms with E-state index in [-0.39, 0.29) is 11.3 Å². The van der Waals surface area contributed by atoms with E-state index in [0.717, 1.165) is 35.7 Å². The van der Waals surface area contributed by atoms with Gasteiger partial charge in [0, 0.05) is 42.4 Å². The molecule has 2 aromatic rings. The molecule has 21 heavy (non-hydrogen) atoms. The van der Waals surface area contributed by atoms with E-state index in [0.29, 0.717) is 18.2 Å².